The highest BCUT2D eigenvalue weighted by Crippen LogP contribution is 1.95. The lowest BCUT2D eigenvalue weighted by molar-refractivity contribution is -0.145. The van der Waals surface area contributed by atoms with E-state index in [4.69, 9.17) is 5.11 Å². The molecule has 0 aromatic rings. The van der Waals surface area contributed by atoms with Crippen molar-refractivity contribution in [3.05, 3.63) is 0 Å². The highest BCUT2D eigenvalue weighted by atomic mass is 16.5. The first-order chi connectivity index (χ1) is 5.54. The minimum absolute atomic E-state index is 0.461. The minimum atomic E-state index is -1.10. The van der Waals surface area contributed by atoms with E-state index >= 15 is 0 Å². The van der Waals surface area contributed by atoms with Gasteiger partial charge in [-0.25, -0.2) is 4.79 Å². The summed E-state index contributed by atoms with van der Waals surface area (Å²) in [6, 6.07) is 0. The number of hydrogen-bond donors (Lipinski definition) is 1. The van der Waals surface area contributed by atoms with Gasteiger partial charge in [-0.2, -0.15) is 0 Å². The molecule has 0 rings (SSSR count). The van der Waals surface area contributed by atoms with Crippen LogP contribution >= 0.6 is 0 Å². The zero-order valence-corrected chi connectivity index (χ0v) is 7.63. The Bertz CT molecular complexity index is 196. The third kappa shape index (κ3) is 5.75. The van der Waals surface area contributed by atoms with E-state index in [9.17, 15) is 4.79 Å². The van der Waals surface area contributed by atoms with Gasteiger partial charge in [-0.15, -0.1) is 0 Å². The summed E-state index contributed by atoms with van der Waals surface area (Å²) >= 11 is 0. The van der Waals surface area contributed by atoms with E-state index in [0.717, 1.165) is 0 Å². The molecule has 0 bridgehead atoms. The van der Waals surface area contributed by atoms with Crippen LogP contribution in [0.4, 0.5) is 0 Å². The standard InChI is InChI=1S/C9H14O3/c1-7(2)5-4-6-12-9(11)8(3)10/h7-8,10H,5H2,1-3H3. The monoisotopic (exact) mass is 170 g/mol. The molecule has 0 amide bonds. The van der Waals surface area contributed by atoms with E-state index < -0.39 is 12.1 Å². The van der Waals surface area contributed by atoms with Crippen LogP contribution in [0.5, 0.6) is 0 Å². The lowest BCUT2D eigenvalue weighted by atomic mass is 10.1. The Labute approximate surface area is 72.7 Å². The largest absolute Gasteiger partial charge is 0.382 e. The molecule has 0 fully saturated rings. The summed E-state index contributed by atoms with van der Waals surface area (Å²) in [4.78, 5) is 10.6. The maximum atomic E-state index is 10.6. The Hall–Kier alpha value is -1.01. The molecule has 1 N–H and O–H groups in total. The van der Waals surface area contributed by atoms with Crippen molar-refractivity contribution < 1.29 is 14.6 Å². The molecule has 0 aromatic carbocycles. The fourth-order valence-corrected chi connectivity index (χ4v) is 0.417. The van der Waals surface area contributed by atoms with Gasteiger partial charge in [0, 0.05) is 6.42 Å². The highest BCUT2D eigenvalue weighted by molar-refractivity contribution is 5.74. The number of ether oxygens (including phenoxy) is 1. The maximum absolute atomic E-state index is 10.6. The molecule has 0 aliphatic carbocycles. The molecule has 0 saturated heterocycles. The Kier molecular flexibility index (Phi) is 5.14. The summed E-state index contributed by atoms with van der Waals surface area (Å²) in [5.41, 5.74) is 0. The molecule has 0 aliphatic rings. The topological polar surface area (TPSA) is 46.5 Å². The number of aliphatic hydroxyl groups is 1. The van der Waals surface area contributed by atoms with Gasteiger partial charge in [0.25, 0.3) is 0 Å². The number of carbonyl (C=O) groups excluding carboxylic acids is 1. The van der Waals surface area contributed by atoms with E-state index in [2.05, 4.69) is 16.8 Å². The molecule has 68 valence electrons. The van der Waals surface area contributed by atoms with Crippen LogP contribution in [-0.4, -0.2) is 17.2 Å². The van der Waals surface area contributed by atoms with Crippen molar-refractivity contribution in [1.29, 1.82) is 0 Å². The summed E-state index contributed by atoms with van der Waals surface area (Å²) in [5, 5.41) is 8.69. The zero-order chi connectivity index (χ0) is 9.56. The van der Waals surface area contributed by atoms with Crippen molar-refractivity contribution in [2.45, 2.75) is 33.3 Å². The maximum Gasteiger partial charge on any atom is 0.348 e. The SMILES string of the molecule is CC(C)CC#COC(=O)C(C)O. The molecular formula is C9H14O3. The Morgan fingerprint density at radius 2 is 2.08 bits per heavy atom. The van der Waals surface area contributed by atoms with Crippen LogP contribution in [0.15, 0.2) is 0 Å². The predicted molar refractivity (Wildman–Crippen MR) is 45.0 cm³/mol. The van der Waals surface area contributed by atoms with Gasteiger partial charge in [0.2, 0.25) is 0 Å². The first-order valence-corrected chi connectivity index (χ1v) is 3.90. The molecule has 1 unspecified atom stereocenters. The summed E-state index contributed by atoms with van der Waals surface area (Å²) in [7, 11) is 0. The Morgan fingerprint density at radius 3 is 2.50 bits per heavy atom. The average molecular weight is 170 g/mol. The van der Waals surface area contributed by atoms with Crippen LogP contribution < -0.4 is 0 Å². The number of carbonyl (C=O) groups is 1. The van der Waals surface area contributed by atoms with Crippen LogP contribution in [-0.2, 0) is 9.53 Å². The van der Waals surface area contributed by atoms with Crippen molar-refractivity contribution in [3.63, 3.8) is 0 Å². The number of rotatable bonds is 2. The fraction of sp³-hybridized carbons (Fsp3) is 0.667. The van der Waals surface area contributed by atoms with Crippen molar-refractivity contribution in [3.8, 4) is 12.0 Å². The van der Waals surface area contributed by atoms with Crippen LogP contribution in [0, 0.1) is 17.9 Å². The Morgan fingerprint density at radius 1 is 1.50 bits per heavy atom. The van der Waals surface area contributed by atoms with E-state index in [1.54, 1.807) is 0 Å². The van der Waals surface area contributed by atoms with Gasteiger partial charge in [0.05, 0.1) is 0 Å². The van der Waals surface area contributed by atoms with Gasteiger partial charge in [0.1, 0.15) is 12.2 Å². The smallest absolute Gasteiger partial charge is 0.348 e. The van der Waals surface area contributed by atoms with Gasteiger partial charge in [-0.3, -0.25) is 0 Å². The molecule has 12 heavy (non-hydrogen) atoms. The molecule has 3 nitrogen and oxygen atoms in total. The molecule has 0 radical (unpaired) electrons. The van der Waals surface area contributed by atoms with E-state index in [1.807, 2.05) is 13.8 Å². The van der Waals surface area contributed by atoms with Gasteiger partial charge in [-0.1, -0.05) is 19.8 Å². The number of aliphatic hydroxyl groups excluding tert-OH is 1. The second-order valence-electron chi connectivity index (χ2n) is 2.97. The number of hydrogen-bond acceptors (Lipinski definition) is 3. The quantitative estimate of drug-likeness (QED) is 0.495. The van der Waals surface area contributed by atoms with Gasteiger partial charge in [0.15, 0.2) is 0 Å². The predicted octanol–water partition coefficient (Wildman–Crippen LogP) is 0.917. The average Bonchev–Trinajstić information content (AvgIpc) is 1.97. The molecular weight excluding hydrogens is 156 g/mol. The molecule has 0 aliphatic heterocycles. The lowest BCUT2D eigenvalue weighted by Gasteiger charge is -1.97. The zero-order valence-electron chi connectivity index (χ0n) is 7.63. The summed E-state index contributed by atoms with van der Waals surface area (Å²) < 4.78 is 4.40. The third-order valence-corrected chi connectivity index (χ3v) is 1.08. The first-order valence-electron chi connectivity index (χ1n) is 3.90. The summed E-state index contributed by atoms with van der Waals surface area (Å²) in [5.74, 6) is 2.42. The van der Waals surface area contributed by atoms with Crippen molar-refractivity contribution in [1.82, 2.24) is 0 Å². The van der Waals surface area contributed by atoms with Gasteiger partial charge < -0.3 is 9.84 Å². The van der Waals surface area contributed by atoms with Crippen molar-refractivity contribution in [2.75, 3.05) is 0 Å². The van der Waals surface area contributed by atoms with E-state index in [-0.39, 0.29) is 0 Å². The first kappa shape index (κ1) is 11.0. The van der Waals surface area contributed by atoms with Crippen LogP contribution in [0.3, 0.4) is 0 Å². The molecule has 0 saturated carbocycles. The van der Waals surface area contributed by atoms with Gasteiger partial charge >= 0.3 is 5.97 Å². The fourth-order valence-electron chi connectivity index (χ4n) is 0.417. The summed E-state index contributed by atoms with van der Waals surface area (Å²) in [6.07, 6.45) is 1.83. The summed E-state index contributed by atoms with van der Waals surface area (Å²) in [6.45, 7) is 5.38. The molecule has 0 aromatic heterocycles. The van der Waals surface area contributed by atoms with Crippen molar-refractivity contribution >= 4 is 5.97 Å². The second kappa shape index (κ2) is 5.62. The van der Waals surface area contributed by atoms with Crippen molar-refractivity contribution in [2.24, 2.45) is 5.92 Å². The highest BCUT2D eigenvalue weighted by Gasteiger charge is 2.07. The van der Waals surface area contributed by atoms with Gasteiger partial charge in [-0.05, 0) is 12.8 Å². The molecule has 3 heteroatoms. The van der Waals surface area contributed by atoms with Crippen LogP contribution in [0.25, 0.3) is 0 Å². The van der Waals surface area contributed by atoms with E-state index in [0.29, 0.717) is 12.3 Å². The third-order valence-electron chi connectivity index (χ3n) is 1.08. The van der Waals surface area contributed by atoms with E-state index in [1.165, 1.54) is 6.92 Å². The second-order valence-corrected chi connectivity index (χ2v) is 2.97. The molecule has 0 spiro atoms. The Balaban J connectivity index is 3.64. The lowest BCUT2D eigenvalue weighted by Crippen LogP contribution is -2.16. The normalized spacial score (nSPS) is 11.8. The van der Waals surface area contributed by atoms with Crippen LogP contribution in [0.1, 0.15) is 27.2 Å². The molecule has 0 heterocycles. The minimum Gasteiger partial charge on any atom is -0.382 e. The number of esters is 1. The molecule has 1 atom stereocenters. The van der Waals surface area contributed by atoms with Crippen LogP contribution in [0.2, 0.25) is 0 Å².